The predicted molar refractivity (Wildman–Crippen MR) is 137 cm³/mol. The monoisotopic (exact) mass is 532 g/mol. The van der Waals surface area contributed by atoms with Gasteiger partial charge in [-0.2, -0.15) is 0 Å². The van der Waals surface area contributed by atoms with E-state index in [-0.39, 0.29) is 27.9 Å². The Balaban J connectivity index is 1.82. The molecule has 0 aliphatic heterocycles. The second-order valence-electron chi connectivity index (χ2n) is 8.33. The zero-order valence-electron chi connectivity index (χ0n) is 20.6. The van der Waals surface area contributed by atoms with Crippen LogP contribution in [0.1, 0.15) is 67.6 Å². The van der Waals surface area contributed by atoms with Gasteiger partial charge in [-0.15, -0.1) is 11.3 Å². The lowest BCUT2D eigenvalue weighted by Gasteiger charge is -2.19. The van der Waals surface area contributed by atoms with Crippen molar-refractivity contribution in [1.29, 1.82) is 0 Å². The van der Waals surface area contributed by atoms with Gasteiger partial charge in [0.15, 0.2) is 5.13 Å². The lowest BCUT2D eigenvalue weighted by Crippen LogP contribution is -2.13. The second kappa shape index (κ2) is 12.6. The number of hydrogen-bond donors (Lipinski definition) is 2. The number of carbonyl (C=O) groups excluding carboxylic acids is 1. The van der Waals surface area contributed by atoms with E-state index in [1.807, 2.05) is 13.8 Å². The van der Waals surface area contributed by atoms with E-state index in [9.17, 15) is 18.4 Å². The molecule has 0 bridgehead atoms. The highest BCUT2D eigenvalue weighted by Gasteiger charge is 2.21. The van der Waals surface area contributed by atoms with Crippen LogP contribution in [0.15, 0.2) is 41.3 Å². The number of thiazole rings is 1. The SMILES string of the molecule is CCCOC(CCC)c1cccc(-c2csc(NC(=O)c3cc(F)c(/C=C(\C)C(=O)O)c(F)c3)n2)c1F. The fraction of sp³-hybridized carbons (Fsp3) is 0.296. The van der Waals surface area contributed by atoms with E-state index in [2.05, 4.69) is 10.3 Å². The van der Waals surface area contributed by atoms with Crippen molar-refractivity contribution in [2.75, 3.05) is 11.9 Å². The standard InChI is InChI=1S/C27H27F3N2O4S/c1-4-7-23(36-10-5-2)18-9-6-8-17(24(18)30)22-14-37-27(31-22)32-25(33)16-12-20(28)19(21(29)13-16)11-15(3)26(34)35/h6,8-9,11-14,23H,4-5,7,10H2,1-3H3,(H,34,35)(H,31,32,33)/b15-11+. The summed E-state index contributed by atoms with van der Waals surface area (Å²) in [6, 6.07) is 6.60. The molecule has 196 valence electrons. The van der Waals surface area contributed by atoms with E-state index in [1.165, 1.54) is 6.92 Å². The first-order chi connectivity index (χ1) is 17.7. The minimum Gasteiger partial charge on any atom is -0.478 e. The first kappa shape index (κ1) is 28.1. The summed E-state index contributed by atoms with van der Waals surface area (Å²) in [4.78, 5) is 27.8. The summed E-state index contributed by atoms with van der Waals surface area (Å²) in [7, 11) is 0. The summed E-state index contributed by atoms with van der Waals surface area (Å²) in [5.41, 5.74) is -0.165. The van der Waals surface area contributed by atoms with Gasteiger partial charge in [-0.25, -0.2) is 22.9 Å². The molecule has 0 radical (unpaired) electrons. The topological polar surface area (TPSA) is 88.5 Å². The number of nitrogens with zero attached hydrogens (tertiary/aromatic N) is 1. The van der Waals surface area contributed by atoms with Gasteiger partial charge in [0.25, 0.3) is 5.91 Å². The number of aliphatic carboxylic acids is 1. The third-order valence-electron chi connectivity index (χ3n) is 5.49. The maximum absolute atomic E-state index is 15.4. The lowest BCUT2D eigenvalue weighted by atomic mass is 10.0. The van der Waals surface area contributed by atoms with Crippen molar-refractivity contribution >= 4 is 34.4 Å². The third-order valence-corrected chi connectivity index (χ3v) is 6.25. The molecule has 0 spiro atoms. The smallest absolute Gasteiger partial charge is 0.331 e. The Morgan fingerprint density at radius 1 is 1.16 bits per heavy atom. The molecule has 1 aromatic heterocycles. The summed E-state index contributed by atoms with van der Waals surface area (Å²) in [5, 5.41) is 13.1. The highest BCUT2D eigenvalue weighted by atomic mass is 32.1. The fourth-order valence-electron chi connectivity index (χ4n) is 3.60. The van der Waals surface area contributed by atoms with Gasteiger partial charge in [0.2, 0.25) is 0 Å². The molecule has 10 heteroatoms. The predicted octanol–water partition coefficient (Wildman–Crippen LogP) is 7.24. The van der Waals surface area contributed by atoms with Crippen LogP contribution in [-0.4, -0.2) is 28.6 Å². The number of aromatic nitrogens is 1. The quantitative estimate of drug-likeness (QED) is 0.254. The molecule has 1 heterocycles. The summed E-state index contributed by atoms with van der Waals surface area (Å²) >= 11 is 1.03. The second-order valence-corrected chi connectivity index (χ2v) is 9.19. The Bertz CT molecular complexity index is 1300. The van der Waals surface area contributed by atoms with Crippen LogP contribution in [0.25, 0.3) is 17.3 Å². The molecule has 1 unspecified atom stereocenters. The van der Waals surface area contributed by atoms with Gasteiger partial charge >= 0.3 is 5.97 Å². The number of ether oxygens (including phenoxy) is 1. The molecule has 2 N–H and O–H groups in total. The Labute approximate surface area is 216 Å². The normalized spacial score (nSPS) is 12.4. The number of hydrogen-bond acceptors (Lipinski definition) is 5. The van der Waals surface area contributed by atoms with Crippen LogP contribution in [0, 0.1) is 17.5 Å². The molecule has 0 aliphatic rings. The summed E-state index contributed by atoms with van der Waals surface area (Å²) in [5.74, 6) is -4.77. The number of anilines is 1. The van der Waals surface area contributed by atoms with Gasteiger partial charge in [-0.3, -0.25) is 10.1 Å². The minimum absolute atomic E-state index is 0.114. The van der Waals surface area contributed by atoms with Gasteiger partial charge in [-0.05, 0) is 44.0 Å². The maximum Gasteiger partial charge on any atom is 0.331 e. The molecule has 0 saturated heterocycles. The number of benzene rings is 2. The molecule has 0 aliphatic carbocycles. The number of halogens is 3. The van der Waals surface area contributed by atoms with Gasteiger partial charge < -0.3 is 9.84 Å². The molecule has 3 aromatic rings. The largest absolute Gasteiger partial charge is 0.478 e. The summed E-state index contributed by atoms with van der Waals surface area (Å²) in [6.45, 7) is 5.69. The fourth-order valence-corrected chi connectivity index (χ4v) is 4.31. The van der Waals surface area contributed by atoms with Crippen LogP contribution < -0.4 is 5.32 Å². The van der Waals surface area contributed by atoms with Crippen LogP contribution >= 0.6 is 11.3 Å². The van der Waals surface area contributed by atoms with Crippen LogP contribution in [0.4, 0.5) is 18.3 Å². The third kappa shape index (κ3) is 6.84. The summed E-state index contributed by atoms with van der Waals surface area (Å²) in [6.07, 6.45) is 2.76. The van der Waals surface area contributed by atoms with E-state index in [4.69, 9.17) is 9.84 Å². The Hall–Kier alpha value is -3.50. The van der Waals surface area contributed by atoms with Crippen molar-refractivity contribution in [1.82, 2.24) is 4.98 Å². The number of rotatable bonds is 11. The number of amides is 1. The highest BCUT2D eigenvalue weighted by molar-refractivity contribution is 7.14. The van der Waals surface area contributed by atoms with Crippen LogP contribution in [0.5, 0.6) is 0 Å². The van der Waals surface area contributed by atoms with Gasteiger partial charge in [0, 0.05) is 39.8 Å². The number of carboxylic acids is 1. The highest BCUT2D eigenvalue weighted by Crippen LogP contribution is 2.33. The molecule has 0 saturated carbocycles. The van der Waals surface area contributed by atoms with Gasteiger partial charge in [-0.1, -0.05) is 32.4 Å². The molecule has 1 atom stereocenters. The molecule has 37 heavy (non-hydrogen) atoms. The van der Waals surface area contributed by atoms with E-state index in [1.54, 1.807) is 23.6 Å². The molecule has 6 nitrogen and oxygen atoms in total. The molecule has 3 rings (SSSR count). The van der Waals surface area contributed by atoms with Crippen LogP contribution in [0.3, 0.4) is 0 Å². The zero-order valence-corrected chi connectivity index (χ0v) is 21.4. The number of carbonyl (C=O) groups is 2. The first-order valence-corrected chi connectivity index (χ1v) is 12.6. The molecule has 0 fully saturated rings. The number of nitrogens with one attached hydrogen (secondary N) is 1. The number of carboxylic acid groups (broad SMARTS) is 1. The van der Waals surface area contributed by atoms with Crippen molar-refractivity contribution < 1.29 is 32.6 Å². The van der Waals surface area contributed by atoms with E-state index in [0.29, 0.717) is 24.3 Å². The zero-order chi connectivity index (χ0) is 27.1. The van der Waals surface area contributed by atoms with Crippen molar-refractivity contribution in [3.63, 3.8) is 0 Å². The van der Waals surface area contributed by atoms with Crippen molar-refractivity contribution in [3.8, 4) is 11.3 Å². The van der Waals surface area contributed by atoms with Crippen molar-refractivity contribution in [2.24, 2.45) is 0 Å². The van der Waals surface area contributed by atoms with Gasteiger partial charge in [0.05, 0.1) is 11.8 Å². The Morgan fingerprint density at radius 3 is 2.49 bits per heavy atom. The van der Waals surface area contributed by atoms with E-state index >= 15 is 4.39 Å². The van der Waals surface area contributed by atoms with Gasteiger partial charge in [0.1, 0.15) is 17.5 Å². The van der Waals surface area contributed by atoms with E-state index in [0.717, 1.165) is 42.4 Å². The first-order valence-electron chi connectivity index (χ1n) is 11.7. The van der Waals surface area contributed by atoms with Crippen LogP contribution in [-0.2, 0) is 9.53 Å². The summed E-state index contributed by atoms with van der Waals surface area (Å²) < 4.78 is 50.1. The minimum atomic E-state index is -1.32. The molecular weight excluding hydrogens is 505 g/mol. The van der Waals surface area contributed by atoms with Crippen LogP contribution in [0.2, 0.25) is 0 Å². The van der Waals surface area contributed by atoms with Crippen molar-refractivity contribution in [2.45, 2.75) is 46.1 Å². The molecular formula is C27H27F3N2O4S. The van der Waals surface area contributed by atoms with Crippen molar-refractivity contribution in [3.05, 3.63) is 75.4 Å². The average Bonchev–Trinajstić information content (AvgIpc) is 3.32. The Kier molecular flexibility index (Phi) is 9.60. The molecule has 2 aromatic carbocycles. The lowest BCUT2D eigenvalue weighted by molar-refractivity contribution is -0.132. The van der Waals surface area contributed by atoms with E-state index < -0.39 is 34.9 Å². The molecule has 1 amide bonds. The maximum atomic E-state index is 15.4. The average molecular weight is 533 g/mol. The Morgan fingerprint density at radius 2 is 1.86 bits per heavy atom.